The molecule has 26 heavy (non-hydrogen) atoms. The number of nitrogens with one attached hydrogen (secondary N) is 2. The largest absolute Gasteiger partial charge is 0.489 e. The Morgan fingerprint density at radius 3 is 2.58 bits per heavy atom. The van der Waals surface area contributed by atoms with Crippen LogP contribution in [0.1, 0.15) is 16.8 Å². The summed E-state index contributed by atoms with van der Waals surface area (Å²) < 4.78 is 5.72. The number of rotatable bonds is 6. The van der Waals surface area contributed by atoms with Gasteiger partial charge in [0.1, 0.15) is 18.1 Å². The lowest BCUT2D eigenvalue weighted by Crippen LogP contribution is -2.15. The van der Waals surface area contributed by atoms with Crippen molar-refractivity contribution in [1.29, 1.82) is 0 Å². The highest BCUT2D eigenvalue weighted by molar-refractivity contribution is 6.30. The van der Waals surface area contributed by atoms with Gasteiger partial charge in [-0.25, -0.2) is 5.43 Å². The summed E-state index contributed by atoms with van der Waals surface area (Å²) in [6, 6.07) is 14.9. The van der Waals surface area contributed by atoms with E-state index >= 15 is 0 Å². The van der Waals surface area contributed by atoms with Crippen LogP contribution in [0.2, 0.25) is 5.02 Å². The van der Waals surface area contributed by atoms with Gasteiger partial charge in [0.25, 0.3) is 5.56 Å². The van der Waals surface area contributed by atoms with Gasteiger partial charge in [-0.2, -0.15) is 5.10 Å². The van der Waals surface area contributed by atoms with Crippen LogP contribution >= 0.6 is 11.6 Å². The van der Waals surface area contributed by atoms with E-state index in [9.17, 15) is 4.79 Å². The molecule has 0 saturated carbocycles. The number of ether oxygens (including phenoxy) is 1. The standard InChI is InChI=1S/C18H16ClN5O2/c1-12-17(25)21-18(24-22-12)23-20-10-13-4-8-16(9-5-13)26-11-14-2-6-15(19)7-3-14/h2-10H,11H2,1H3,(H2,21,23,24,25)/b20-10-. The number of aryl methyl sites for hydroxylation is 1. The highest BCUT2D eigenvalue weighted by atomic mass is 35.5. The maximum Gasteiger partial charge on any atom is 0.274 e. The van der Waals surface area contributed by atoms with E-state index < -0.39 is 0 Å². The Hall–Kier alpha value is -3.19. The lowest BCUT2D eigenvalue weighted by atomic mass is 10.2. The van der Waals surface area contributed by atoms with Gasteiger partial charge in [0.05, 0.1) is 6.21 Å². The zero-order valence-electron chi connectivity index (χ0n) is 13.9. The fraction of sp³-hybridized carbons (Fsp3) is 0.111. The number of halogens is 1. The molecular weight excluding hydrogens is 354 g/mol. The van der Waals surface area contributed by atoms with E-state index in [1.165, 1.54) is 0 Å². The van der Waals surface area contributed by atoms with Crippen molar-refractivity contribution in [3.05, 3.63) is 80.7 Å². The highest BCUT2D eigenvalue weighted by Crippen LogP contribution is 2.15. The van der Waals surface area contributed by atoms with Gasteiger partial charge in [0.15, 0.2) is 0 Å². The first-order chi connectivity index (χ1) is 12.6. The molecule has 132 valence electrons. The van der Waals surface area contributed by atoms with E-state index in [-0.39, 0.29) is 11.5 Å². The Labute approximate surface area is 154 Å². The topological polar surface area (TPSA) is 92.3 Å². The quantitative estimate of drug-likeness (QED) is 0.514. The zero-order chi connectivity index (χ0) is 18.4. The van der Waals surface area contributed by atoms with Crippen LogP contribution < -0.4 is 15.7 Å². The van der Waals surface area contributed by atoms with Crippen LogP contribution in [0.25, 0.3) is 0 Å². The molecule has 0 bridgehead atoms. The monoisotopic (exact) mass is 369 g/mol. The smallest absolute Gasteiger partial charge is 0.274 e. The summed E-state index contributed by atoms with van der Waals surface area (Å²) in [7, 11) is 0. The first-order valence-corrected chi connectivity index (χ1v) is 8.18. The van der Waals surface area contributed by atoms with Crippen LogP contribution in [-0.2, 0) is 6.61 Å². The van der Waals surface area contributed by atoms with Crippen molar-refractivity contribution in [1.82, 2.24) is 15.2 Å². The van der Waals surface area contributed by atoms with E-state index in [1.807, 2.05) is 48.5 Å². The van der Waals surface area contributed by atoms with Crippen molar-refractivity contribution < 1.29 is 4.74 Å². The van der Waals surface area contributed by atoms with Gasteiger partial charge in [0, 0.05) is 5.02 Å². The molecule has 0 aliphatic rings. The first kappa shape index (κ1) is 17.6. The Kier molecular flexibility index (Phi) is 5.60. The normalized spacial score (nSPS) is 10.8. The molecule has 0 saturated heterocycles. The zero-order valence-corrected chi connectivity index (χ0v) is 14.7. The van der Waals surface area contributed by atoms with E-state index in [4.69, 9.17) is 16.3 Å². The van der Waals surface area contributed by atoms with Crippen LogP contribution in [0.15, 0.2) is 58.4 Å². The average molecular weight is 370 g/mol. The van der Waals surface area contributed by atoms with Gasteiger partial charge in [-0.3, -0.25) is 9.78 Å². The van der Waals surface area contributed by atoms with Gasteiger partial charge in [-0.05, 0) is 54.4 Å². The molecule has 7 nitrogen and oxygen atoms in total. The second kappa shape index (κ2) is 8.26. The van der Waals surface area contributed by atoms with Gasteiger partial charge < -0.3 is 4.74 Å². The lowest BCUT2D eigenvalue weighted by molar-refractivity contribution is 0.306. The molecule has 3 rings (SSSR count). The third-order valence-electron chi connectivity index (χ3n) is 3.44. The Morgan fingerprint density at radius 2 is 1.88 bits per heavy atom. The molecule has 0 radical (unpaired) electrons. The minimum atomic E-state index is -0.306. The molecule has 0 aliphatic carbocycles. The van der Waals surface area contributed by atoms with Crippen LogP contribution in [0.5, 0.6) is 5.75 Å². The number of benzene rings is 2. The summed E-state index contributed by atoms with van der Waals surface area (Å²) in [5.41, 5.74) is 4.52. The average Bonchev–Trinajstić information content (AvgIpc) is 2.65. The molecule has 0 unspecified atom stereocenters. The number of aromatic nitrogens is 3. The molecule has 2 aromatic carbocycles. The molecule has 1 aromatic heterocycles. The second-order valence-corrected chi connectivity index (χ2v) is 5.88. The van der Waals surface area contributed by atoms with Crippen molar-refractivity contribution in [3.8, 4) is 5.75 Å². The third kappa shape index (κ3) is 4.90. The summed E-state index contributed by atoms with van der Waals surface area (Å²) in [5.74, 6) is 0.929. The minimum Gasteiger partial charge on any atom is -0.489 e. The fourth-order valence-electron chi connectivity index (χ4n) is 2.01. The SMILES string of the molecule is Cc1nnc(N/N=C\c2ccc(OCc3ccc(Cl)cc3)cc2)[nH]c1=O. The maximum atomic E-state index is 11.4. The molecule has 0 aliphatic heterocycles. The van der Waals surface area contributed by atoms with Crippen LogP contribution in [0.4, 0.5) is 5.95 Å². The summed E-state index contributed by atoms with van der Waals surface area (Å²) in [5, 5.41) is 12.2. The maximum absolute atomic E-state index is 11.4. The van der Waals surface area contributed by atoms with Crippen LogP contribution in [0.3, 0.4) is 0 Å². The highest BCUT2D eigenvalue weighted by Gasteiger charge is 1.99. The van der Waals surface area contributed by atoms with E-state index in [0.717, 1.165) is 16.9 Å². The Balaban J connectivity index is 1.54. The molecule has 0 spiro atoms. The molecule has 0 fully saturated rings. The van der Waals surface area contributed by atoms with Crippen molar-refractivity contribution in [2.75, 3.05) is 5.43 Å². The first-order valence-electron chi connectivity index (χ1n) is 7.80. The summed E-state index contributed by atoms with van der Waals surface area (Å²) >= 11 is 5.86. The number of aromatic amines is 1. The number of hydrogen-bond acceptors (Lipinski definition) is 6. The van der Waals surface area contributed by atoms with Crippen LogP contribution in [-0.4, -0.2) is 21.4 Å². The van der Waals surface area contributed by atoms with E-state index in [2.05, 4.69) is 25.7 Å². The summed E-state index contributed by atoms with van der Waals surface area (Å²) in [6.07, 6.45) is 1.60. The molecule has 3 aromatic rings. The van der Waals surface area contributed by atoms with Gasteiger partial charge in [0.2, 0.25) is 5.95 Å². The number of nitrogens with zero attached hydrogens (tertiary/aromatic N) is 3. The summed E-state index contributed by atoms with van der Waals surface area (Å²) in [6.45, 7) is 2.04. The van der Waals surface area contributed by atoms with Crippen molar-refractivity contribution >= 4 is 23.8 Å². The van der Waals surface area contributed by atoms with Gasteiger partial charge in [-0.15, -0.1) is 10.2 Å². The number of anilines is 1. The molecule has 2 N–H and O–H groups in total. The number of hydrogen-bond donors (Lipinski definition) is 2. The lowest BCUT2D eigenvalue weighted by Gasteiger charge is -2.06. The van der Waals surface area contributed by atoms with Crippen LogP contribution in [0, 0.1) is 6.92 Å². The molecular formula is C18H16ClN5O2. The molecule has 8 heteroatoms. The Bertz CT molecular complexity index is 953. The van der Waals surface area contributed by atoms with E-state index in [1.54, 1.807) is 13.1 Å². The summed E-state index contributed by atoms with van der Waals surface area (Å²) in [4.78, 5) is 13.9. The predicted molar refractivity (Wildman–Crippen MR) is 101 cm³/mol. The fourth-order valence-corrected chi connectivity index (χ4v) is 2.14. The number of hydrazone groups is 1. The Morgan fingerprint density at radius 1 is 1.15 bits per heavy atom. The molecule has 1 heterocycles. The van der Waals surface area contributed by atoms with Crippen molar-refractivity contribution in [2.24, 2.45) is 5.10 Å². The molecule has 0 amide bonds. The minimum absolute atomic E-state index is 0.180. The van der Waals surface area contributed by atoms with Crippen molar-refractivity contribution in [3.63, 3.8) is 0 Å². The predicted octanol–water partition coefficient (Wildman–Crippen LogP) is 3.15. The van der Waals surface area contributed by atoms with E-state index in [0.29, 0.717) is 17.3 Å². The molecule has 0 atom stereocenters. The third-order valence-corrected chi connectivity index (χ3v) is 3.70. The number of H-pyrrole nitrogens is 1. The van der Waals surface area contributed by atoms with Gasteiger partial charge >= 0.3 is 0 Å². The van der Waals surface area contributed by atoms with Gasteiger partial charge in [-0.1, -0.05) is 23.7 Å². The van der Waals surface area contributed by atoms with Crippen molar-refractivity contribution in [2.45, 2.75) is 13.5 Å². The second-order valence-electron chi connectivity index (χ2n) is 5.44.